The van der Waals surface area contributed by atoms with Crippen LogP contribution in [0.1, 0.15) is 62.5 Å². The van der Waals surface area contributed by atoms with Crippen molar-refractivity contribution in [2.24, 2.45) is 5.41 Å². The standard InChI is InChI=1S/C18H27N3O2/c1-4-23-12-15-10-19-13(2)20-16(15)14-6-5-9-21(11-14)17(22)18(3)7-8-18/h10,14H,4-9,11-12H2,1-3H3. The fourth-order valence-electron chi connectivity index (χ4n) is 3.36. The fraction of sp³-hybridized carbons (Fsp3) is 0.722. The first-order chi connectivity index (χ1) is 11.0. The molecule has 0 aromatic carbocycles. The molecule has 126 valence electrons. The van der Waals surface area contributed by atoms with Crippen LogP contribution in [0.25, 0.3) is 0 Å². The SMILES string of the molecule is CCOCc1cnc(C)nc1C1CCCN(C(=O)C2(C)CC2)C1. The van der Waals surface area contributed by atoms with Gasteiger partial charge < -0.3 is 9.64 Å². The largest absolute Gasteiger partial charge is 0.377 e. The van der Waals surface area contributed by atoms with Crippen molar-refractivity contribution in [2.45, 2.75) is 59.0 Å². The lowest BCUT2D eigenvalue weighted by atomic mass is 9.91. The van der Waals surface area contributed by atoms with Gasteiger partial charge in [0.25, 0.3) is 0 Å². The molecule has 5 nitrogen and oxygen atoms in total. The van der Waals surface area contributed by atoms with Gasteiger partial charge in [-0.1, -0.05) is 6.92 Å². The van der Waals surface area contributed by atoms with Gasteiger partial charge in [0.05, 0.1) is 12.3 Å². The number of hydrogen-bond acceptors (Lipinski definition) is 4. The summed E-state index contributed by atoms with van der Waals surface area (Å²) in [5.41, 5.74) is 2.05. The number of carbonyl (C=O) groups excluding carboxylic acids is 1. The highest BCUT2D eigenvalue weighted by atomic mass is 16.5. The summed E-state index contributed by atoms with van der Waals surface area (Å²) < 4.78 is 5.57. The number of piperidine rings is 1. The van der Waals surface area contributed by atoms with Gasteiger partial charge in [-0.2, -0.15) is 0 Å². The molecule has 2 heterocycles. The molecule has 3 rings (SSSR count). The number of amides is 1. The van der Waals surface area contributed by atoms with E-state index in [0.29, 0.717) is 25.0 Å². The molecule has 0 spiro atoms. The van der Waals surface area contributed by atoms with Gasteiger partial charge in [-0.25, -0.2) is 9.97 Å². The molecule has 1 aliphatic heterocycles. The van der Waals surface area contributed by atoms with Crippen LogP contribution in [0.5, 0.6) is 0 Å². The van der Waals surface area contributed by atoms with Crippen LogP contribution in [0, 0.1) is 12.3 Å². The number of carbonyl (C=O) groups is 1. The molecule has 0 N–H and O–H groups in total. The predicted octanol–water partition coefficient (Wildman–Crippen LogP) is 2.83. The van der Waals surface area contributed by atoms with Gasteiger partial charge in [0.15, 0.2) is 0 Å². The Morgan fingerprint density at radius 1 is 1.48 bits per heavy atom. The molecule has 2 aliphatic rings. The summed E-state index contributed by atoms with van der Waals surface area (Å²) >= 11 is 0. The van der Waals surface area contributed by atoms with Gasteiger partial charge in [0, 0.05) is 42.8 Å². The zero-order valence-corrected chi connectivity index (χ0v) is 14.5. The van der Waals surface area contributed by atoms with E-state index in [1.54, 1.807) is 0 Å². The second-order valence-electron chi connectivity index (χ2n) is 7.12. The van der Waals surface area contributed by atoms with Crippen molar-refractivity contribution in [3.63, 3.8) is 0 Å². The third kappa shape index (κ3) is 3.55. The number of nitrogens with zero attached hydrogens (tertiary/aromatic N) is 3. The Bertz CT molecular complexity index is 584. The van der Waals surface area contributed by atoms with Crippen molar-refractivity contribution in [3.05, 3.63) is 23.3 Å². The normalized spacial score (nSPS) is 22.9. The van der Waals surface area contributed by atoms with E-state index >= 15 is 0 Å². The molecule has 1 unspecified atom stereocenters. The van der Waals surface area contributed by atoms with E-state index in [1.807, 2.05) is 20.0 Å². The van der Waals surface area contributed by atoms with Crippen LogP contribution < -0.4 is 0 Å². The molecule has 2 fully saturated rings. The first-order valence-corrected chi connectivity index (χ1v) is 8.73. The summed E-state index contributed by atoms with van der Waals surface area (Å²) in [6.07, 6.45) is 6.08. The maximum Gasteiger partial charge on any atom is 0.228 e. The third-order valence-corrected chi connectivity index (χ3v) is 5.09. The molecule has 1 aromatic heterocycles. The average molecular weight is 317 g/mol. The predicted molar refractivity (Wildman–Crippen MR) is 88.0 cm³/mol. The molecular formula is C18H27N3O2. The smallest absolute Gasteiger partial charge is 0.228 e. The van der Waals surface area contributed by atoms with Gasteiger partial charge in [-0.3, -0.25) is 4.79 Å². The Morgan fingerprint density at radius 2 is 2.26 bits per heavy atom. The van der Waals surface area contributed by atoms with Crippen LogP contribution in [-0.4, -0.2) is 40.5 Å². The number of rotatable bonds is 5. The molecule has 1 atom stereocenters. The van der Waals surface area contributed by atoms with Crippen molar-refractivity contribution >= 4 is 5.91 Å². The monoisotopic (exact) mass is 317 g/mol. The molecule has 1 saturated carbocycles. The quantitative estimate of drug-likeness (QED) is 0.838. The lowest BCUT2D eigenvalue weighted by Gasteiger charge is -2.35. The van der Waals surface area contributed by atoms with Crippen LogP contribution in [0.15, 0.2) is 6.20 Å². The summed E-state index contributed by atoms with van der Waals surface area (Å²) in [6.45, 7) is 8.90. The lowest BCUT2D eigenvalue weighted by molar-refractivity contribution is -0.137. The number of aryl methyl sites for hydroxylation is 1. The zero-order valence-electron chi connectivity index (χ0n) is 14.5. The number of ether oxygens (including phenoxy) is 1. The third-order valence-electron chi connectivity index (χ3n) is 5.09. The second-order valence-corrected chi connectivity index (χ2v) is 7.12. The highest BCUT2D eigenvalue weighted by Crippen LogP contribution is 2.47. The minimum absolute atomic E-state index is 0.0857. The fourth-order valence-corrected chi connectivity index (χ4v) is 3.36. The average Bonchev–Trinajstić information content (AvgIpc) is 3.32. The van der Waals surface area contributed by atoms with Gasteiger partial charge in [-0.05, 0) is 39.5 Å². The second kappa shape index (κ2) is 6.56. The minimum atomic E-state index is -0.0857. The van der Waals surface area contributed by atoms with Crippen LogP contribution in [0.2, 0.25) is 0 Å². The highest BCUT2D eigenvalue weighted by Gasteiger charge is 2.47. The molecule has 5 heteroatoms. The highest BCUT2D eigenvalue weighted by molar-refractivity contribution is 5.85. The van der Waals surface area contributed by atoms with Crippen LogP contribution in [-0.2, 0) is 16.1 Å². The molecule has 1 aromatic rings. The van der Waals surface area contributed by atoms with Crippen molar-refractivity contribution < 1.29 is 9.53 Å². The zero-order chi connectivity index (χ0) is 16.4. The molecular weight excluding hydrogens is 290 g/mol. The maximum absolute atomic E-state index is 12.7. The van der Waals surface area contributed by atoms with E-state index in [4.69, 9.17) is 9.72 Å². The van der Waals surface area contributed by atoms with E-state index in [9.17, 15) is 4.79 Å². The van der Waals surface area contributed by atoms with Crippen LogP contribution in [0.3, 0.4) is 0 Å². The number of likely N-dealkylation sites (tertiary alicyclic amines) is 1. The summed E-state index contributed by atoms with van der Waals surface area (Å²) in [6, 6.07) is 0. The Hall–Kier alpha value is -1.49. The summed E-state index contributed by atoms with van der Waals surface area (Å²) in [4.78, 5) is 23.7. The van der Waals surface area contributed by atoms with Crippen LogP contribution >= 0.6 is 0 Å². The first-order valence-electron chi connectivity index (χ1n) is 8.73. The van der Waals surface area contributed by atoms with E-state index in [1.165, 1.54) is 0 Å². The summed E-state index contributed by atoms with van der Waals surface area (Å²) in [5.74, 6) is 1.42. The van der Waals surface area contributed by atoms with Gasteiger partial charge >= 0.3 is 0 Å². The molecule has 23 heavy (non-hydrogen) atoms. The lowest BCUT2D eigenvalue weighted by Crippen LogP contribution is -2.42. The Kier molecular flexibility index (Phi) is 4.67. The number of hydrogen-bond donors (Lipinski definition) is 0. The van der Waals surface area contributed by atoms with E-state index in [0.717, 1.165) is 55.9 Å². The van der Waals surface area contributed by atoms with E-state index in [2.05, 4.69) is 16.8 Å². The van der Waals surface area contributed by atoms with Crippen molar-refractivity contribution in [2.75, 3.05) is 19.7 Å². The molecule has 0 radical (unpaired) electrons. The molecule has 0 bridgehead atoms. The Labute approximate surface area is 138 Å². The first kappa shape index (κ1) is 16.4. The van der Waals surface area contributed by atoms with Crippen LogP contribution in [0.4, 0.5) is 0 Å². The number of aromatic nitrogens is 2. The van der Waals surface area contributed by atoms with Crippen molar-refractivity contribution in [1.82, 2.24) is 14.9 Å². The minimum Gasteiger partial charge on any atom is -0.377 e. The van der Waals surface area contributed by atoms with Gasteiger partial charge in [0.1, 0.15) is 5.82 Å². The van der Waals surface area contributed by atoms with E-state index < -0.39 is 0 Å². The summed E-state index contributed by atoms with van der Waals surface area (Å²) in [7, 11) is 0. The molecule has 1 amide bonds. The van der Waals surface area contributed by atoms with E-state index in [-0.39, 0.29) is 5.41 Å². The van der Waals surface area contributed by atoms with Crippen molar-refractivity contribution in [3.8, 4) is 0 Å². The Morgan fingerprint density at radius 3 is 2.96 bits per heavy atom. The van der Waals surface area contributed by atoms with Crippen molar-refractivity contribution in [1.29, 1.82) is 0 Å². The van der Waals surface area contributed by atoms with Gasteiger partial charge in [0.2, 0.25) is 5.91 Å². The molecule has 1 saturated heterocycles. The maximum atomic E-state index is 12.7. The topological polar surface area (TPSA) is 55.3 Å². The van der Waals surface area contributed by atoms with Gasteiger partial charge in [-0.15, -0.1) is 0 Å². The molecule has 1 aliphatic carbocycles. The summed E-state index contributed by atoms with van der Waals surface area (Å²) in [5, 5.41) is 0. The Balaban J connectivity index is 1.77.